The second-order valence-corrected chi connectivity index (χ2v) is 4.01. The Bertz CT molecular complexity index is 502. The van der Waals surface area contributed by atoms with Gasteiger partial charge in [-0.2, -0.15) is 0 Å². The molecule has 1 atom stereocenters. The van der Waals surface area contributed by atoms with E-state index in [4.69, 9.17) is 4.42 Å². The van der Waals surface area contributed by atoms with E-state index in [1.54, 1.807) is 12.1 Å². The number of furan rings is 1. The highest BCUT2D eigenvalue weighted by atomic mass is 16.3. The van der Waals surface area contributed by atoms with E-state index in [1.807, 2.05) is 44.2 Å². The number of carbonyl (C=O) groups is 1. The maximum atomic E-state index is 11.9. The highest BCUT2D eigenvalue weighted by molar-refractivity contribution is 5.94. The van der Waals surface area contributed by atoms with Crippen LogP contribution >= 0.6 is 0 Å². The lowest BCUT2D eigenvalue weighted by Gasteiger charge is -2.11. The van der Waals surface area contributed by atoms with E-state index in [9.17, 15) is 4.79 Å². The topological polar surface area (TPSA) is 42.2 Å². The third kappa shape index (κ3) is 2.75. The molecule has 0 aliphatic rings. The lowest BCUT2D eigenvalue weighted by Crippen LogP contribution is -2.26. The average molecular weight is 229 g/mol. The Hall–Kier alpha value is -2.03. The van der Waals surface area contributed by atoms with Crippen molar-refractivity contribution in [2.24, 2.45) is 0 Å². The zero-order valence-corrected chi connectivity index (χ0v) is 9.94. The SMILES string of the molecule is Cc1ccc(C(C)NC(=O)c2ccccc2)o1. The van der Waals surface area contributed by atoms with Crippen molar-refractivity contribution < 1.29 is 9.21 Å². The summed E-state index contributed by atoms with van der Waals surface area (Å²) in [4.78, 5) is 11.9. The first kappa shape index (κ1) is 11.5. The number of benzene rings is 1. The lowest BCUT2D eigenvalue weighted by molar-refractivity contribution is 0.0935. The molecule has 0 fully saturated rings. The van der Waals surface area contributed by atoms with Crippen LogP contribution < -0.4 is 5.32 Å². The second kappa shape index (κ2) is 4.87. The molecule has 0 spiro atoms. The number of rotatable bonds is 3. The van der Waals surface area contributed by atoms with Gasteiger partial charge in [-0.1, -0.05) is 18.2 Å². The molecule has 3 heteroatoms. The molecule has 2 aromatic rings. The van der Waals surface area contributed by atoms with Crippen LogP contribution in [0.5, 0.6) is 0 Å². The summed E-state index contributed by atoms with van der Waals surface area (Å²) >= 11 is 0. The molecular weight excluding hydrogens is 214 g/mol. The molecule has 0 saturated heterocycles. The minimum Gasteiger partial charge on any atom is -0.464 e. The van der Waals surface area contributed by atoms with Gasteiger partial charge in [-0.05, 0) is 38.1 Å². The molecule has 0 bridgehead atoms. The third-order valence-corrected chi connectivity index (χ3v) is 2.57. The Morgan fingerprint density at radius 2 is 1.88 bits per heavy atom. The quantitative estimate of drug-likeness (QED) is 0.878. The highest BCUT2D eigenvalue weighted by Crippen LogP contribution is 2.16. The van der Waals surface area contributed by atoms with E-state index in [2.05, 4.69) is 5.32 Å². The number of hydrogen-bond acceptors (Lipinski definition) is 2. The van der Waals surface area contributed by atoms with Crippen LogP contribution in [0.1, 0.15) is 34.8 Å². The molecule has 1 amide bonds. The lowest BCUT2D eigenvalue weighted by atomic mass is 10.2. The molecule has 0 saturated carbocycles. The maximum absolute atomic E-state index is 11.9. The van der Waals surface area contributed by atoms with Crippen molar-refractivity contribution >= 4 is 5.91 Å². The van der Waals surface area contributed by atoms with Gasteiger partial charge in [-0.25, -0.2) is 0 Å². The Morgan fingerprint density at radius 1 is 1.18 bits per heavy atom. The van der Waals surface area contributed by atoms with E-state index in [0.717, 1.165) is 11.5 Å². The normalized spacial score (nSPS) is 12.1. The minimum atomic E-state index is -0.128. The van der Waals surface area contributed by atoms with Crippen molar-refractivity contribution in [2.45, 2.75) is 19.9 Å². The molecule has 2 rings (SSSR count). The predicted molar refractivity (Wildman–Crippen MR) is 65.8 cm³/mol. The van der Waals surface area contributed by atoms with Gasteiger partial charge in [-0.15, -0.1) is 0 Å². The summed E-state index contributed by atoms with van der Waals surface area (Å²) < 4.78 is 5.47. The van der Waals surface area contributed by atoms with E-state index < -0.39 is 0 Å². The van der Waals surface area contributed by atoms with Gasteiger partial charge in [0.05, 0.1) is 6.04 Å². The van der Waals surface area contributed by atoms with E-state index in [1.165, 1.54) is 0 Å². The molecule has 3 nitrogen and oxygen atoms in total. The van der Waals surface area contributed by atoms with Crippen molar-refractivity contribution in [3.63, 3.8) is 0 Å². The van der Waals surface area contributed by atoms with Crippen LogP contribution in [0.15, 0.2) is 46.9 Å². The third-order valence-electron chi connectivity index (χ3n) is 2.57. The molecule has 0 aliphatic carbocycles. The Labute approximate surface area is 100 Å². The first-order valence-corrected chi connectivity index (χ1v) is 5.59. The van der Waals surface area contributed by atoms with Crippen molar-refractivity contribution in [1.29, 1.82) is 0 Å². The van der Waals surface area contributed by atoms with Crippen molar-refractivity contribution in [1.82, 2.24) is 5.32 Å². The van der Waals surface area contributed by atoms with E-state index >= 15 is 0 Å². The van der Waals surface area contributed by atoms with Crippen LogP contribution in [-0.4, -0.2) is 5.91 Å². The summed E-state index contributed by atoms with van der Waals surface area (Å²) in [5.41, 5.74) is 0.655. The number of amides is 1. The number of hydrogen-bond donors (Lipinski definition) is 1. The van der Waals surface area contributed by atoms with Crippen LogP contribution in [0.4, 0.5) is 0 Å². The maximum Gasteiger partial charge on any atom is 0.251 e. The number of carbonyl (C=O) groups excluding carboxylic acids is 1. The Kier molecular flexibility index (Phi) is 3.28. The van der Waals surface area contributed by atoms with Crippen molar-refractivity contribution in [2.75, 3.05) is 0 Å². The summed E-state index contributed by atoms with van der Waals surface area (Å²) in [6.45, 7) is 3.79. The molecule has 17 heavy (non-hydrogen) atoms. The molecule has 1 heterocycles. The fourth-order valence-electron chi connectivity index (χ4n) is 1.63. The fourth-order valence-corrected chi connectivity index (χ4v) is 1.63. The summed E-state index contributed by atoms with van der Waals surface area (Å²) in [5.74, 6) is 1.53. The van der Waals surface area contributed by atoms with Gasteiger partial charge in [0.1, 0.15) is 11.5 Å². The Morgan fingerprint density at radius 3 is 2.47 bits per heavy atom. The van der Waals surface area contributed by atoms with Crippen molar-refractivity contribution in [3.05, 3.63) is 59.5 Å². The molecular formula is C14H15NO2. The van der Waals surface area contributed by atoms with Gasteiger partial charge < -0.3 is 9.73 Å². The molecule has 1 aromatic heterocycles. The number of aryl methyl sites for hydroxylation is 1. The predicted octanol–water partition coefficient (Wildman–Crippen LogP) is 3.08. The first-order chi connectivity index (χ1) is 8.16. The van der Waals surface area contributed by atoms with Crippen LogP contribution in [-0.2, 0) is 0 Å². The summed E-state index contributed by atoms with van der Waals surface area (Å²) in [6.07, 6.45) is 0. The average Bonchev–Trinajstić information content (AvgIpc) is 2.77. The minimum absolute atomic E-state index is 0.0906. The van der Waals surface area contributed by atoms with Crippen LogP contribution in [0, 0.1) is 6.92 Å². The van der Waals surface area contributed by atoms with Gasteiger partial charge in [0.2, 0.25) is 0 Å². The van der Waals surface area contributed by atoms with Gasteiger partial charge in [-0.3, -0.25) is 4.79 Å². The van der Waals surface area contributed by atoms with Gasteiger partial charge in [0.15, 0.2) is 0 Å². The first-order valence-electron chi connectivity index (χ1n) is 5.59. The number of nitrogens with one attached hydrogen (secondary N) is 1. The van der Waals surface area contributed by atoms with E-state index in [-0.39, 0.29) is 11.9 Å². The monoisotopic (exact) mass is 229 g/mol. The summed E-state index contributed by atoms with van der Waals surface area (Å²) in [6, 6.07) is 12.8. The van der Waals surface area contributed by atoms with Gasteiger partial charge in [0, 0.05) is 5.56 Å². The second-order valence-electron chi connectivity index (χ2n) is 4.01. The van der Waals surface area contributed by atoms with E-state index in [0.29, 0.717) is 5.56 Å². The summed E-state index contributed by atoms with van der Waals surface area (Å²) in [5, 5.41) is 2.89. The highest BCUT2D eigenvalue weighted by Gasteiger charge is 2.13. The smallest absolute Gasteiger partial charge is 0.251 e. The largest absolute Gasteiger partial charge is 0.464 e. The summed E-state index contributed by atoms with van der Waals surface area (Å²) in [7, 11) is 0. The Balaban J connectivity index is 2.04. The standard InChI is InChI=1S/C14H15NO2/c1-10-8-9-13(17-10)11(2)15-14(16)12-6-4-3-5-7-12/h3-9,11H,1-2H3,(H,15,16). The zero-order chi connectivity index (χ0) is 12.3. The van der Waals surface area contributed by atoms with Crippen LogP contribution in [0.3, 0.4) is 0 Å². The molecule has 0 aliphatic heterocycles. The van der Waals surface area contributed by atoms with Crippen LogP contribution in [0.2, 0.25) is 0 Å². The molecule has 0 radical (unpaired) electrons. The molecule has 1 N–H and O–H groups in total. The fraction of sp³-hybridized carbons (Fsp3) is 0.214. The molecule has 1 unspecified atom stereocenters. The van der Waals surface area contributed by atoms with Crippen molar-refractivity contribution in [3.8, 4) is 0 Å². The zero-order valence-electron chi connectivity index (χ0n) is 9.94. The molecule has 1 aromatic carbocycles. The van der Waals surface area contributed by atoms with Gasteiger partial charge in [0.25, 0.3) is 5.91 Å². The van der Waals surface area contributed by atoms with Gasteiger partial charge >= 0.3 is 0 Å². The molecule has 88 valence electrons. The van der Waals surface area contributed by atoms with Crippen LogP contribution in [0.25, 0.3) is 0 Å².